The molecule has 0 saturated heterocycles. The molecule has 25 heavy (non-hydrogen) atoms. The van der Waals surface area contributed by atoms with E-state index in [1.54, 1.807) is 0 Å². The molecule has 0 fully saturated rings. The molecule has 3 aromatic rings. The van der Waals surface area contributed by atoms with Crippen molar-refractivity contribution in [2.75, 3.05) is 13.1 Å². The van der Waals surface area contributed by atoms with Gasteiger partial charge in [-0.25, -0.2) is 4.98 Å². The van der Waals surface area contributed by atoms with Crippen molar-refractivity contribution in [2.24, 2.45) is 0 Å². The third-order valence-corrected chi connectivity index (χ3v) is 4.85. The highest BCUT2D eigenvalue weighted by molar-refractivity contribution is 5.82. The topological polar surface area (TPSA) is 38.1 Å². The Morgan fingerprint density at radius 1 is 1.08 bits per heavy atom. The van der Waals surface area contributed by atoms with Gasteiger partial charge in [-0.2, -0.15) is 0 Å². The van der Waals surface area contributed by atoms with Crippen molar-refractivity contribution in [1.29, 1.82) is 0 Å². The molecule has 0 spiro atoms. The normalized spacial score (nSPS) is 14.6. The minimum absolute atomic E-state index is 0.148. The smallest absolute Gasteiger partial charge is 0.242 e. The number of aromatic nitrogens is 2. The standard InChI is InChI=1S/C21H21N3O/c1-16-22-19-9-5-6-10-20(19)24(16)15-21(25)23-13-11-18(12-14-23)17-7-3-2-4-8-17/h2-11H,12-15H2,1H3. The molecule has 4 heteroatoms. The second-order valence-electron chi connectivity index (χ2n) is 6.42. The first-order valence-electron chi connectivity index (χ1n) is 8.66. The highest BCUT2D eigenvalue weighted by atomic mass is 16.2. The van der Waals surface area contributed by atoms with E-state index in [9.17, 15) is 4.79 Å². The Morgan fingerprint density at radius 3 is 2.60 bits per heavy atom. The van der Waals surface area contributed by atoms with E-state index in [1.165, 1.54) is 11.1 Å². The number of aryl methyl sites for hydroxylation is 1. The highest BCUT2D eigenvalue weighted by Crippen LogP contribution is 2.22. The van der Waals surface area contributed by atoms with Crippen LogP contribution in [-0.2, 0) is 11.3 Å². The number of amides is 1. The summed E-state index contributed by atoms with van der Waals surface area (Å²) in [6.45, 7) is 3.75. The van der Waals surface area contributed by atoms with Crippen LogP contribution in [0, 0.1) is 6.92 Å². The quantitative estimate of drug-likeness (QED) is 0.734. The number of hydrogen-bond donors (Lipinski definition) is 0. The van der Waals surface area contributed by atoms with Crippen molar-refractivity contribution in [1.82, 2.24) is 14.5 Å². The van der Waals surface area contributed by atoms with E-state index in [1.807, 2.05) is 46.7 Å². The molecule has 4 rings (SSSR count). The number of fused-ring (bicyclic) bond motifs is 1. The summed E-state index contributed by atoms with van der Waals surface area (Å²) < 4.78 is 2.01. The largest absolute Gasteiger partial charge is 0.337 e. The molecule has 4 nitrogen and oxygen atoms in total. The van der Waals surface area contributed by atoms with Crippen LogP contribution in [-0.4, -0.2) is 33.4 Å². The molecule has 1 amide bonds. The Hall–Kier alpha value is -2.88. The van der Waals surface area contributed by atoms with Crippen molar-refractivity contribution in [3.63, 3.8) is 0 Å². The molecule has 1 aliphatic heterocycles. The summed E-state index contributed by atoms with van der Waals surface area (Å²) in [6, 6.07) is 18.4. The van der Waals surface area contributed by atoms with Crippen LogP contribution >= 0.6 is 0 Å². The van der Waals surface area contributed by atoms with E-state index in [4.69, 9.17) is 0 Å². The average molecular weight is 331 g/mol. The maximum Gasteiger partial charge on any atom is 0.242 e. The summed E-state index contributed by atoms with van der Waals surface area (Å²) in [5.74, 6) is 1.03. The lowest BCUT2D eigenvalue weighted by Gasteiger charge is -2.27. The van der Waals surface area contributed by atoms with Gasteiger partial charge in [0.05, 0.1) is 11.0 Å². The number of hydrogen-bond acceptors (Lipinski definition) is 2. The number of benzene rings is 2. The maximum atomic E-state index is 12.8. The molecule has 126 valence electrons. The summed E-state index contributed by atoms with van der Waals surface area (Å²) in [5.41, 5.74) is 4.54. The van der Waals surface area contributed by atoms with Crippen molar-refractivity contribution in [2.45, 2.75) is 19.9 Å². The van der Waals surface area contributed by atoms with Gasteiger partial charge in [-0.15, -0.1) is 0 Å². The van der Waals surface area contributed by atoms with Crippen LogP contribution < -0.4 is 0 Å². The molecule has 1 aliphatic rings. The van der Waals surface area contributed by atoms with Crippen molar-refractivity contribution < 1.29 is 4.79 Å². The molecular formula is C21H21N3O. The minimum atomic E-state index is 0.148. The van der Waals surface area contributed by atoms with E-state index < -0.39 is 0 Å². The molecule has 2 aromatic carbocycles. The Bertz CT molecular complexity index is 940. The number of carbonyl (C=O) groups excluding carboxylic acids is 1. The van der Waals surface area contributed by atoms with Gasteiger partial charge in [0.1, 0.15) is 12.4 Å². The zero-order valence-electron chi connectivity index (χ0n) is 14.4. The Kier molecular flexibility index (Phi) is 4.10. The van der Waals surface area contributed by atoms with Crippen LogP contribution in [0.3, 0.4) is 0 Å². The maximum absolute atomic E-state index is 12.8. The van der Waals surface area contributed by atoms with Crippen LogP contribution in [0.25, 0.3) is 16.6 Å². The van der Waals surface area contributed by atoms with E-state index in [0.29, 0.717) is 13.1 Å². The van der Waals surface area contributed by atoms with Gasteiger partial charge in [-0.1, -0.05) is 48.5 Å². The lowest BCUT2D eigenvalue weighted by Crippen LogP contribution is -2.37. The number of carbonyl (C=O) groups is 1. The molecule has 0 saturated carbocycles. The molecule has 1 aromatic heterocycles. The summed E-state index contributed by atoms with van der Waals surface area (Å²) >= 11 is 0. The first-order chi connectivity index (χ1) is 12.2. The zero-order valence-corrected chi connectivity index (χ0v) is 14.4. The molecule has 0 aliphatic carbocycles. The van der Waals surface area contributed by atoms with Crippen molar-refractivity contribution in [3.8, 4) is 0 Å². The van der Waals surface area contributed by atoms with E-state index in [0.717, 1.165) is 29.8 Å². The van der Waals surface area contributed by atoms with E-state index >= 15 is 0 Å². The first-order valence-corrected chi connectivity index (χ1v) is 8.66. The van der Waals surface area contributed by atoms with Gasteiger partial charge in [-0.3, -0.25) is 4.79 Å². The fourth-order valence-corrected chi connectivity index (χ4v) is 3.44. The second-order valence-corrected chi connectivity index (χ2v) is 6.42. The van der Waals surface area contributed by atoms with Crippen LogP contribution in [0.2, 0.25) is 0 Å². The Morgan fingerprint density at radius 2 is 1.84 bits per heavy atom. The molecular weight excluding hydrogens is 310 g/mol. The monoisotopic (exact) mass is 331 g/mol. The van der Waals surface area contributed by atoms with Gasteiger partial charge in [0.25, 0.3) is 0 Å². The van der Waals surface area contributed by atoms with E-state index in [-0.39, 0.29) is 5.91 Å². The second kappa shape index (κ2) is 6.55. The summed E-state index contributed by atoms with van der Waals surface area (Å²) in [7, 11) is 0. The van der Waals surface area contributed by atoms with Gasteiger partial charge in [0, 0.05) is 13.1 Å². The number of imidazole rings is 1. The lowest BCUT2D eigenvalue weighted by atomic mass is 9.99. The SMILES string of the molecule is Cc1nc2ccccc2n1CC(=O)N1CC=C(c2ccccc2)CC1. The van der Waals surface area contributed by atoms with E-state index in [2.05, 4.69) is 35.3 Å². The predicted molar refractivity (Wildman–Crippen MR) is 100 cm³/mol. The summed E-state index contributed by atoms with van der Waals surface area (Å²) in [5, 5.41) is 0. The van der Waals surface area contributed by atoms with Gasteiger partial charge in [0.2, 0.25) is 5.91 Å². The van der Waals surface area contributed by atoms with Gasteiger partial charge in [0.15, 0.2) is 0 Å². The fourth-order valence-electron chi connectivity index (χ4n) is 3.44. The molecule has 0 N–H and O–H groups in total. The number of para-hydroxylation sites is 2. The van der Waals surface area contributed by atoms with Crippen LogP contribution in [0.15, 0.2) is 60.7 Å². The molecule has 2 heterocycles. The van der Waals surface area contributed by atoms with Crippen LogP contribution in [0.5, 0.6) is 0 Å². The molecule has 0 bridgehead atoms. The third kappa shape index (κ3) is 3.07. The van der Waals surface area contributed by atoms with Gasteiger partial charge < -0.3 is 9.47 Å². The number of rotatable bonds is 3. The lowest BCUT2D eigenvalue weighted by molar-refractivity contribution is -0.131. The fraction of sp³-hybridized carbons (Fsp3) is 0.238. The summed E-state index contributed by atoms with van der Waals surface area (Å²) in [4.78, 5) is 19.2. The van der Waals surface area contributed by atoms with Gasteiger partial charge in [-0.05, 0) is 36.6 Å². The predicted octanol–water partition coefficient (Wildman–Crippen LogP) is 3.66. The Balaban J connectivity index is 1.49. The van der Waals surface area contributed by atoms with Crippen molar-refractivity contribution >= 4 is 22.5 Å². The first kappa shape index (κ1) is 15.6. The number of nitrogens with zero attached hydrogens (tertiary/aromatic N) is 3. The van der Waals surface area contributed by atoms with Gasteiger partial charge >= 0.3 is 0 Å². The molecule has 0 atom stereocenters. The average Bonchev–Trinajstić information content (AvgIpc) is 2.98. The molecule has 0 unspecified atom stereocenters. The third-order valence-electron chi connectivity index (χ3n) is 4.85. The van der Waals surface area contributed by atoms with Crippen LogP contribution in [0.1, 0.15) is 17.8 Å². The zero-order chi connectivity index (χ0) is 17.2. The minimum Gasteiger partial charge on any atom is -0.337 e. The highest BCUT2D eigenvalue weighted by Gasteiger charge is 2.19. The molecule has 0 radical (unpaired) electrons. The van der Waals surface area contributed by atoms with Crippen molar-refractivity contribution in [3.05, 3.63) is 72.1 Å². The van der Waals surface area contributed by atoms with Crippen LogP contribution in [0.4, 0.5) is 0 Å². The Labute approximate surface area is 147 Å². The summed E-state index contributed by atoms with van der Waals surface area (Å²) in [6.07, 6.45) is 3.08.